The first-order chi connectivity index (χ1) is 14.4. The lowest BCUT2D eigenvalue weighted by Gasteiger charge is -2.36. The molecular weight excluding hydrogens is 396 g/mol. The van der Waals surface area contributed by atoms with Crippen molar-refractivity contribution in [3.05, 3.63) is 60.2 Å². The second-order valence-electron chi connectivity index (χ2n) is 9.40. The van der Waals surface area contributed by atoms with Gasteiger partial charge in [0.25, 0.3) is 0 Å². The van der Waals surface area contributed by atoms with Crippen LogP contribution in [0.4, 0.5) is 0 Å². The third-order valence-corrected chi connectivity index (χ3v) is 14.5. The molecule has 0 amide bonds. The van der Waals surface area contributed by atoms with Crippen LogP contribution in [-0.4, -0.2) is 18.1 Å². The van der Waals surface area contributed by atoms with Gasteiger partial charge in [-0.25, -0.2) is 0 Å². The molecule has 30 heavy (non-hydrogen) atoms. The Morgan fingerprint density at radius 1 is 0.800 bits per heavy atom. The normalized spacial score (nSPS) is 14.2. The lowest BCUT2D eigenvalue weighted by Crippen LogP contribution is -2.40. The molecule has 0 spiro atoms. The fourth-order valence-corrected chi connectivity index (χ4v) is 10.3. The molecule has 0 N–H and O–H groups in total. The lowest BCUT2D eigenvalue weighted by molar-refractivity contribution is 0.469. The Labute approximate surface area is 185 Å². The zero-order chi connectivity index (χ0) is 21.5. The van der Waals surface area contributed by atoms with Gasteiger partial charge in [-0.15, -0.1) is 0 Å². The summed E-state index contributed by atoms with van der Waals surface area (Å²) in [7, 11) is -1.02. The SMILES string of the molecule is CC[Si](CC)(CC)O[Si]C(C)(C)C(C)c1ccc2ccc3cccc4ccc1c2c34. The molecule has 156 valence electrons. The van der Waals surface area contributed by atoms with Crippen molar-refractivity contribution < 1.29 is 4.12 Å². The third-order valence-electron chi connectivity index (χ3n) is 7.58. The minimum Gasteiger partial charge on any atom is -0.455 e. The van der Waals surface area contributed by atoms with Crippen LogP contribution in [-0.2, 0) is 4.12 Å². The molecule has 0 saturated heterocycles. The smallest absolute Gasteiger partial charge is 0.222 e. The van der Waals surface area contributed by atoms with Gasteiger partial charge in [-0.05, 0) is 67.0 Å². The summed E-state index contributed by atoms with van der Waals surface area (Å²) in [6.45, 7) is 14.2. The van der Waals surface area contributed by atoms with E-state index in [1.54, 1.807) is 0 Å². The zero-order valence-corrected chi connectivity index (χ0v) is 21.3. The van der Waals surface area contributed by atoms with Gasteiger partial charge in [0.1, 0.15) is 0 Å². The van der Waals surface area contributed by atoms with Crippen molar-refractivity contribution in [1.29, 1.82) is 0 Å². The van der Waals surface area contributed by atoms with E-state index < -0.39 is 8.32 Å². The summed E-state index contributed by atoms with van der Waals surface area (Å²) in [6.07, 6.45) is 0. The molecule has 1 unspecified atom stereocenters. The van der Waals surface area contributed by atoms with Crippen molar-refractivity contribution in [3.63, 3.8) is 0 Å². The Balaban J connectivity index is 1.76. The van der Waals surface area contributed by atoms with Crippen molar-refractivity contribution in [2.24, 2.45) is 0 Å². The third kappa shape index (κ3) is 3.51. The molecule has 1 atom stereocenters. The maximum Gasteiger partial charge on any atom is 0.222 e. The van der Waals surface area contributed by atoms with Crippen LogP contribution >= 0.6 is 0 Å². The number of benzene rings is 4. The molecule has 0 aliphatic rings. The number of hydrogen-bond acceptors (Lipinski definition) is 1. The summed E-state index contributed by atoms with van der Waals surface area (Å²) in [5, 5.41) is 8.37. The molecule has 4 rings (SSSR count). The van der Waals surface area contributed by atoms with E-state index in [0.717, 1.165) is 0 Å². The predicted octanol–water partition coefficient (Wildman–Crippen LogP) is 8.53. The van der Waals surface area contributed by atoms with Crippen molar-refractivity contribution in [1.82, 2.24) is 0 Å². The Morgan fingerprint density at radius 2 is 1.33 bits per heavy atom. The van der Waals surface area contributed by atoms with Gasteiger partial charge in [0.05, 0.1) is 0 Å². The molecule has 0 heterocycles. The summed E-state index contributed by atoms with van der Waals surface area (Å²) in [4.78, 5) is 0. The predicted molar refractivity (Wildman–Crippen MR) is 137 cm³/mol. The van der Waals surface area contributed by atoms with E-state index in [-0.39, 0.29) is 5.04 Å². The van der Waals surface area contributed by atoms with Crippen LogP contribution in [0.3, 0.4) is 0 Å². The van der Waals surface area contributed by atoms with E-state index in [2.05, 4.69) is 96.1 Å². The fourth-order valence-electron chi connectivity index (χ4n) is 4.82. The Kier molecular flexibility index (Phi) is 5.82. The summed E-state index contributed by atoms with van der Waals surface area (Å²) < 4.78 is 6.78. The first-order valence-corrected chi connectivity index (χ1v) is 14.9. The van der Waals surface area contributed by atoms with Crippen LogP contribution in [0.2, 0.25) is 23.2 Å². The molecular formula is C27H34OSi2. The van der Waals surface area contributed by atoms with Crippen LogP contribution in [0, 0.1) is 0 Å². The topological polar surface area (TPSA) is 9.23 Å². The van der Waals surface area contributed by atoms with E-state index in [1.165, 1.54) is 56.0 Å². The lowest BCUT2D eigenvalue weighted by atomic mass is 9.83. The van der Waals surface area contributed by atoms with Crippen LogP contribution in [0.1, 0.15) is 53.0 Å². The van der Waals surface area contributed by atoms with Crippen LogP contribution < -0.4 is 0 Å². The number of hydrogen-bond donors (Lipinski definition) is 0. The molecule has 4 aromatic rings. The molecule has 0 aromatic heterocycles. The largest absolute Gasteiger partial charge is 0.455 e. The monoisotopic (exact) mass is 430 g/mol. The molecule has 0 aliphatic heterocycles. The van der Waals surface area contributed by atoms with Gasteiger partial charge >= 0.3 is 0 Å². The van der Waals surface area contributed by atoms with Gasteiger partial charge in [0.15, 0.2) is 8.32 Å². The first-order valence-electron chi connectivity index (χ1n) is 11.5. The summed E-state index contributed by atoms with van der Waals surface area (Å²) in [5.41, 5.74) is 1.46. The average Bonchev–Trinajstić information content (AvgIpc) is 2.78. The van der Waals surface area contributed by atoms with Gasteiger partial charge in [0, 0.05) is 0 Å². The first kappa shape index (κ1) is 21.5. The van der Waals surface area contributed by atoms with E-state index in [0.29, 0.717) is 15.7 Å². The summed E-state index contributed by atoms with van der Waals surface area (Å²) >= 11 is 0. The number of rotatable bonds is 8. The molecule has 0 aliphatic carbocycles. The highest BCUT2D eigenvalue weighted by Gasteiger charge is 2.36. The van der Waals surface area contributed by atoms with Gasteiger partial charge in [-0.3, -0.25) is 0 Å². The van der Waals surface area contributed by atoms with E-state index >= 15 is 0 Å². The van der Waals surface area contributed by atoms with Gasteiger partial charge in [0.2, 0.25) is 9.76 Å². The fraction of sp³-hybridized carbons (Fsp3) is 0.407. The highest BCUT2D eigenvalue weighted by atomic mass is 28.4. The molecule has 1 nitrogen and oxygen atoms in total. The Morgan fingerprint density at radius 3 is 1.93 bits per heavy atom. The van der Waals surface area contributed by atoms with Crippen LogP contribution in [0.5, 0.6) is 0 Å². The van der Waals surface area contributed by atoms with Gasteiger partial charge < -0.3 is 4.12 Å². The van der Waals surface area contributed by atoms with Crippen molar-refractivity contribution in [3.8, 4) is 0 Å². The second-order valence-corrected chi connectivity index (χ2v) is 16.2. The highest BCUT2D eigenvalue weighted by Crippen LogP contribution is 2.46. The molecule has 0 saturated carbocycles. The molecule has 0 bridgehead atoms. The minimum absolute atomic E-state index is 0.112. The molecule has 2 radical (unpaired) electrons. The highest BCUT2D eigenvalue weighted by molar-refractivity contribution is 6.77. The average molecular weight is 431 g/mol. The van der Waals surface area contributed by atoms with Crippen LogP contribution in [0.15, 0.2) is 54.6 Å². The molecule has 0 fully saturated rings. The van der Waals surface area contributed by atoms with E-state index in [4.69, 9.17) is 4.12 Å². The standard InChI is InChI=1S/C27H34OSi2/c1-7-30(8-2,9-3)28-29-27(5,6)19(4)23-17-15-22-14-13-20-11-10-12-21-16-18-24(23)26(22)25(20)21/h10-19H,7-9H2,1-6H3. The summed E-state index contributed by atoms with van der Waals surface area (Å²) in [6, 6.07) is 24.2. The van der Waals surface area contributed by atoms with Crippen molar-refractivity contribution >= 4 is 50.4 Å². The zero-order valence-electron chi connectivity index (χ0n) is 19.3. The van der Waals surface area contributed by atoms with Gasteiger partial charge in [-0.2, -0.15) is 0 Å². The molecule has 3 heteroatoms. The minimum atomic E-state index is -1.57. The van der Waals surface area contributed by atoms with Crippen molar-refractivity contribution in [2.45, 2.75) is 70.6 Å². The van der Waals surface area contributed by atoms with Crippen LogP contribution in [0.25, 0.3) is 32.3 Å². The van der Waals surface area contributed by atoms with E-state index in [9.17, 15) is 0 Å². The summed E-state index contributed by atoms with van der Waals surface area (Å²) in [5.74, 6) is 0.428. The maximum atomic E-state index is 6.78. The van der Waals surface area contributed by atoms with E-state index in [1.807, 2.05) is 0 Å². The van der Waals surface area contributed by atoms with Gasteiger partial charge in [-0.1, -0.05) is 96.1 Å². The quantitative estimate of drug-likeness (QED) is 0.201. The Bertz CT molecular complexity index is 1140. The second kappa shape index (κ2) is 8.10. The van der Waals surface area contributed by atoms with Crippen molar-refractivity contribution in [2.75, 3.05) is 0 Å². The Hall–Kier alpha value is -1.69. The maximum absolute atomic E-state index is 6.78. The molecule has 4 aromatic carbocycles.